The molecule has 8 aromatic carbocycles. The second-order valence-electron chi connectivity index (χ2n) is 30.1. The van der Waals surface area contributed by atoms with Crippen molar-refractivity contribution in [2.45, 2.75) is 132 Å². The molecular weight excluding hydrogens is 1480 g/mol. The third-order valence-electron chi connectivity index (χ3n) is 20.4. The second-order valence-corrected chi connectivity index (χ2v) is 30.9. The van der Waals surface area contributed by atoms with Crippen LogP contribution >= 0.6 is 23.8 Å². The van der Waals surface area contributed by atoms with Crippen LogP contribution < -0.4 is 44.0 Å². The van der Waals surface area contributed by atoms with Gasteiger partial charge in [-0.3, -0.25) is 19.2 Å². The average Bonchev–Trinajstić information content (AvgIpc) is 1.52. The van der Waals surface area contributed by atoms with Crippen LogP contribution in [0.4, 0.5) is 60.9 Å². The molecule has 0 aromatic heterocycles. The number of carbonyl (C=O) groups excluding carboxylic acids is 5. The van der Waals surface area contributed by atoms with Crippen molar-refractivity contribution in [3.63, 3.8) is 0 Å². The first kappa shape index (κ1) is 84.0. The number of methoxy groups -OCH3 is 3. The smallest absolute Gasteiger partial charge is 0.410 e. The number of amides is 5. The monoisotopic (exact) mass is 1580 g/mol. The summed E-state index contributed by atoms with van der Waals surface area (Å²) in [4.78, 5) is 76.6. The Bertz CT molecular complexity index is 4640. The lowest BCUT2D eigenvalue weighted by atomic mass is 10.0. The van der Waals surface area contributed by atoms with Gasteiger partial charge in [0.15, 0.2) is 16.7 Å². The molecule has 0 aliphatic carbocycles. The largest absolute Gasteiger partial charge is 0.506 e. The van der Waals surface area contributed by atoms with Crippen LogP contribution in [0.15, 0.2) is 146 Å². The molecule has 0 spiro atoms. The number of fused-ring (bicyclic) bond motifs is 4. The Morgan fingerprint density at radius 2 is 0.839 bits per heavy atom. The van der Waals surface area contributed by atoms with Gasteiger partial charge in [-0.25, -0.2) is 26.7 Å². The molecule has 18 nitrogen and oxygen atoms in total. The molecule has 13 rings (SSSR count). The summed E-state index contributed by atoms with van der Waals surface area (Å²) >= 11 is 11.6. The normalized spacial score (nSPS) is 17.5. The van der Waals surface area contributed by atoms with Crippen LogP contribution in [0.3, 0.4) is 0 Å². The number of aryl methyl sites for hydroxylation is 4. The molecule has 4 atom stereocenters. The maximum absolute atomic E-state index is 14.0. The number of anilines is 6. The van der Waals surface area contributed by atoms with E-state index in [1.165, 1.54) is 61.7 Å². The molecule has 5 aliphatic heterocycles. The molecule has 594 valence electrons. The van der Waals surface area contributed by atoms with E-state index < -0.39 is 11.4 Å². The molecule has 5 amide bonds. The molecule has 25 heteroatoms. The average molecular weight is 1580 g/mol. The first-order valence-electron chi connectivity index (χ1n) is 37.5. The number of piperazine rings is 1. The number of ether oxygens (including phenoxy) is 4. The van der Waals surface area contributed by atoms with Crippen LogP contribution in [0.2, 0.25) is 5.02 Å². The van der Waals surface area contributed by atoms with Gasteiger partial charge in [0, 0.05) is 88.2 Å². The van der Waals surface area contributed by atoms with Crippen LogP contribution in [0, 0.1) is 52.8 Å². The van der Waals surface area contributed by atoms with Gasteiger partial charge < -0.3 is 63.7 Å². The van der Waals surface area contributed by atoms with E-state index in [0.717, 1.165) is 76.1 Å². The standard InChI is InChI=1S/C27H34FN3O4.C22H26FN3O2S.C19H19ClFNO2.C19H19F2NO2/c1-18-8-9-20-15-23(29-10-12-30(13-11-29)26(34)35-27(2,3)4)24(32)16-22(20)31(25(18)33)17-19-6-5-7-21(28)14-19;1-14-8-9-16-11-18(24-22(29)25(2)3)20(28-4)12-19(16)26(21(14)27)13-15-6-5-7-17(23)10-15;1-12-6-7-14-9-16(20)18(24-2)10-17(14)22(19(12)23)11-13-4-3-5-15(21)8-13;1-12-6-7-14-9-16(21)18(24-2)10-17(14)22(19(12)23)11-13-4-3-5-15(20)8-13/h5-7,14-16,18,32H,8-13,17H2,1-4H3;5-7,10-12,14H,8-9,13H2,1-4H3,(H,24,29);2*3-5,8-10,12H,6-7,11H2,1-2H3. The summed E-state index contributed by atoms with van der Waals surface area (Å²) in [5.41, 5.74) is 10.4. The fourth-order valence-electron chi connectivity index (χ4n) is 14.2. The number of aromatic hydroxyl groups is 1. The Morgan fingerprint density at radius 1 is 0.491 bits per heavy atom. The lowest BCUT2D eigenvalue weighted by molar-refractivity contribution is -0.122. The number of rotatable bonds is 13. The summed E-state index contributed by atoms with van der Waals surface area (Å²) in [7, 11) is 8.26. The second kappa shape index (κ2) is 37.2. The van der Waals surface area contributed by atoms with E-state index in [1.54, 1.807) is 93.3 Å². The molecule has 5 aliphatic rings. The Morgan fingerprint density at radius 3 is 1.21 bits per heavy atom. The highest BCUT2D eigenvalue weighted by atomic mass is 35.5. The first-order valence-corrected chi connectivity index (χ1v) is 38.3. The predicted molar refractivity (Wildman–Crippen MR) is 432 cm³/mol. The van der Waals surface area contributed by atoms with Crippen molar-refractivity contribution in [3.8, 4) is 23.0 Å². The summed E-state index contributed by atoms with van der Waals surface area (Å²) in [5.74, 6) is -1.06. The summed E-state index contributed by atoms with van der Waals surface area (Å²) in [6.07, 6.45) is 5.36. The molecule has 4 unspecified atom stereocenters. The highest BCUT2D eigenvalue weighted by molar-refractivity contribution is 7.80. The molecule has 1 fully saturated rings. The number of nitrogens with zero attached hydrogens (tertiary/aromatic N) is 7. The Hall–Kier alpha value is -10.5. The summed E-state index contributed by atoms with van der Waals surface area (Å²) < 4.78 is 89.9. The van der Waals surface area contributed by atoms with Gasteiger partial charge in [0.05, 0.1) is 86.7 Å². The Kier molecular flexibility index (Phi) is 27.9. The molecule has 8 aromatic rings. The van der Waals surface area contributed by atoms with Gasteiger partial charge in [0.1, 0.15) is 46.1 Å². The number of thiocarbonyl (C=S) groups is 1. The number of halogens is 6. The number of phenolic OH excluding ortho intramolecular Hbond substituents is 1. The molecule has 1 saturated heterocycles. The van der Waals surface area contributed by atoms with Gasteiger partial charge >= 0.3 is 6.09 Å². The van der Waals surface area contributed by atoms with E-state index in [4.69, 9.17) is 42.8 Å². The third kappa shape index (κ3) is 21.0. The number of hydrogen-bond acceptors (Lipinski definition) is 12. The topological polar surface area (TPSA) is 177 Å². The Labute approximate surface area is 662 Å². The lowest BCUT2D eigenvalue weighted by Crippen LogP contribution is -2.50. The maximum atomic E-state index is 14.0. The summed E-state index contributed by atoms with van der Waals surface area (Å²) in [6, 6.07) is 39.2. The molecule has 0 radical (unpaired) electrons. The number of benzene rings is 8. The number of phenols is 1. The van der Waals surface area contributed by atoms with Crippen LogP contribution in [0.1, 0.15) is 119 Å². The van der Waals surface area contributed by atoms with E-state index in [2.05, 4.69) is 10.2 Å². The lowest BCUT2D eigenvalue weighted by Gasteiger charge is -2.37. The highest BCUT2D eigenvalue weighted by Gasteiger charge is 2.35. The van der Waals surface area contributed by atoms with Gasteiger partial charge in [-0.1, -0.05) is 87.8 Å². The third-order valence-corrected chi connectivity index (χ3v) is 21.2. The van der Waals surface area contributed by atoms with E-state index in [1.807, 2.05) is 104 Å². The van der Waals surface area contributed by atoms with Gasteiger partial charge in [-0.2, -0.15) is 0 Å². The van der Waals surface area contributed by atoms with Crippen LogP contribution in [-0.4, -0.2) is 117 Å². The van der Waals surface area contributed by atoms with Crippen molar-refractivity contribution in [2.75, 3.05) is 91.4 Å². The van der Waals surface area contributed by atoms with E-state index in [9.17, 15) is 51.0 Å². The van der Waals surface area contributed by atoms with Crippen molar-refractivity contribution < 1.29 is 70.0 Å². The quantitative estimate of drug-likeness (QED) is 0.0823. The van der Waals surface area contributed by atoms with Crippen LogP contribution in [0.5, 0.6) is 23.0 Å². The zero-order valence-corrected chi connectivity index (χ0v) is 67.0. The first-order chi connectivity index (χ1) is 53.3. The van der Waals surface area contributed by atoms with Crippen LogP contribution in [-0.2, 0) is 75.8 Å². The minimum absolute atomic E-state index is 0.0274. The zero-order chi connectivity index (χ0) is 81.0. The number of carbonyl (C=O) groups is 5. The van der Waals surface area contributed by atoms with Gasteiger partial charge in [-0.05, 0) is 202 Å². The molecule has 112 heavy (non-hydrogen) atoms. The van der Waals surface area contributed by atoms with Gasteiger partial charge in [0.25, 0.3) is 0 Å². The van der Waals surface area contributed by atoms with Crippen molar-refractivity contribution in [3.05, 3.63) is 224 Å². The maximum Gasteiger partial charge on any atom is 0.410 e. The Balaban J connectivity index is 0.000000160. The van der Waals surface area contributed by atoms with Crippen molar-refractivity contribution in [2.24, 2.45) is 23.7 Å². The summed E-state index contributed by atoms with van der Waals surface area (Å²) in [6.45, 7) is 16.4. The molecular formula is C87H98ClF5N8O10S. The minimum atomic E-state index is -0.546. The van der Waals surface area contributed by atoms with E-state index in [-0.39, 0.29) is 101 Å². The van der Waals surface area contributed by atoms with Gasteiger partial charge in [0.2, 0.25) is 23.6 Å². The SMILES string of the molecule is CC1CCc2cc(N3CCN(C(=O)OC(C)(C)C)CC3)c(O)cc2N(Cc2cccc(F)c2)C1=O.COc1cc2c(cc1Cl)CCC(C)C(=O)N2Cc1cccc(F)c1.COc1cc2c(cc1F)CCC(C)C(=O)N2Cc1cccc(F)c1.COc1cc2c(cc1NC(=S)N(C)C)CCC(C)C(=O)N2Cc1cccc(F)c1. The van der Waals surface area contributed by atoms with Crippen LogP contribution in [0.25, 0.3) is 0 Å². The number of nitrogens with one attached hydrogen (secondary N) is 1. The fraction of sp³-hybridized carbons (Fsp3) is 0.379. The molecule has 0 saturated carbocycles. The molecule has 0 bridgehead atoms. The summed E-state index contributed by atoms with van der Waals surface area (Å²) in [5, 5.41) is 15.3. The van der Waals surface area contributed by atoms with Gasteiger partial charge in [-0.15, -0.1) is 0 Å². The van der Waals surface area contributed by atoms with E-state index >= 15 is 0 Å². The minimum Gasteiger partial charge on any atom is -0.506 e. The van der Waals surface area contributed by atoms with Crippen molar-refractivity contribution in [1.82, 2.24) is 9.80 Å². The highest BCUT2D eigenvalue weighted by Crippen LogP contribution is 2.43. The predicted octanol–water partition coefficient (Wildman–Crippen LogP) is 17.6. The molecule has 5 heterocycles. The number of hydrogen-bond donors (Lipinski definition) is 2. The van der Waals surface area contributed by atoms with E-state index in [0.29, 0.717) is 115 Å². The zero-order valence-electron chi connectivity index (χ0n) is 65.4. The van der Waals surface area contributed by atoms with Crippen molar-refractivity contribution >= 4 is 92.8 Å². The molecule has 2 N–H and O–H groups in total. The van der Waals surface area contributed by atoms with Crippen molar-refractivity contribution in [1.29, 1.82) is 0 Å². The fourth-order valence-corrected chi connectivity index (χ4v) is 14.5.